The Morgan fingerprint density at radius 1 is 1.11 bits per heavy atom. The van der Waals surface area contributed by atoms with Crippen molar-refractivity contribution in [1.29, 1.82) is 0 Å². The van der Waals surface area contributed by atoms with Crippen LogP contribution in [0, 0.1) is 0 Å². The third-order valence-electron chi connectivity index (χ3n) is 3.40. The molecule has 18 heavy (non-hydrogen) atoms. The molecule has 0 atom stereocenters. The lowest BCUT2D eigenvalue weighted by Crippen LogP contribution is -2.41. The van der Waals surface area contributed by atoms with Gasteiger partial charge in [0.1, 0.15) is 5.82 Å². The van der Waals surface area contributed by atoms with E-state index in [1.807, 2.05) is 24.3 Å². The van der Waals surface area contributed by atoms with Gasteiger partial charge in [0.25, 0.3) is 5.56 Å². The maximum atomic E-state index is 12.1. The van der Waals surface area contributed by atoms with Crippen LogP contribution in [0.15, 0.2) is 33.9 Å². The minimum atomic E-state index is -0.314. The number of anilines is 2. The molecule has 3 rings (SSSR count). The van der Waals surface area contributed by atoms with Crippen molar-refractivity contribution in [3.63, 3.8) is 0 Å². The Balaban J connectivity index is 2.32. The van der Waals surface area contributed by atoms with Crippen molar-refractivity contribution in [2.24, 2.45) is 14.1 Å². The van der Waals surface area contributed by atoms with Gasteiger partial charge in [0.05, 0.1) is 5.56 Å². The monoisotopic (exact) mass is 243 g/mol. The summed E-state index contributed by atoms with van der Waals surface area (Å²) >= 11 is 0. The third-order valence-corrected chi connectivity index (χ3v) is 3.40. The average molecular weight is 243 g/mol. The van der Waals surface area contributed by atoms with E-state index in [1.54, 1.807) is 7.05 Å². The van der Waals surface area contributed by atoms with Crippen LogP contribution in [0.4, 0.5) is 11.5 Å². The molecule has 1 N–H and O–H groups in total. The Labute approximate surface area is 103 Å². The van der Waals surface area contributed by atoms with Crippen LogP contribution in [0.25, 0.3) is 0 Å². The Morgan fingerprint density at radius 3 is 2.61 bits per heavy atom. The summed E-state index contributed by atoms with van der Waals surface area (Å²) in [6.45, 7) is 0. The lowest BCUT2D eigenvalue weighted by molar-refractivity contribution is 0.677. The lowest BCUT2D eigenvalue weighted by atomic mass is 10.0. The first-order valence-electron chi connectivity index (χ1n) is 5.73. The first-order valence-corrected chi connectivity index (χ1v) is 5.73. The summed E-state index contributed by atoms with van der Waals surface area (Å²) in [4.78, 5) is 24.0. The van der Waals surface area contributed by atoms with E-state index in [0.717, 1.165) is 15.8 Å². The fourth-order valence-corrected chi connectivity index (χ4v) is 2.35. The predicted molar refractivity (Wildman–Crippen MR) is 69.5 cm³/mol. The van der Waals surface area contributed by atoms with Crippen LogP contribution < -0.4 is 16.6 Å². The SMILES string of the molecule is Cn1c2c(c(=O)n(C)c1=O)Cc1ccccc1N2. The zero-order valence-electron chi connectivity index (χ0n) is 10.2. The molecule has 0 saturated heterocycles. The van der Waals surface area contributed by atoms with E-state index in [2.05, 4.69) is 5.32 Å². The standard InChI is InChI=1S/C13H13N3O2/c1-15-11-9(12(17)16(2)13(15)18)7-8-5-3-4-6-10(8)14-11/h3-6,14H,7H2,1-2H3. The van der Waals surface area contributed by atoms with Crippen LogP contribution in [0.1, 0.15) is 11.1 Å². The van der Waals surface area contributed by atoms with E-state index in [4.69, 9.17) is 0 Å². The lowest BCUT2D eigenvalue weighted by Gasteiger charge is -2.23. The van der Waals surface area contributed by atoms with Crippen LogP contribution >= 0.6 is 0 Å². The summed E-state index contributed by atoms with van der Waals surface area (Å²) in [5, 5.41) is 3.17. The smallest absolute Gasteiger partial charge is 0.332 e. The molecule has 92 valence electrons. The van der Waals surface area contributed by atoms with Gasteiger partial charge in [0.15, 0.2) is 0 Å². The van der Waals surface area contributed by atoms with Crippen molar-refractivity contribution in [1.82, 2.24) is 9.13 Å². The Kier molecular flexibility index (Phi) is 2.16. The number of rotatable bonds is 0. The molecule has 0 aliphatic carbocycles. The molecule has 0 bridgehead atoms. The van der Waals surface area contributed by atoms with Gasteiger partial charge in [-0.3, -0.25) is 13.9 Å². The van der Waals surface area contributed by atoms with Gasteiger partial charge in [-0.1, -0.05) is 18.2 Å². The van der Waals surface area contributed by atoms with Gasteiger partial charge < -0.3 is 5.32 Å². The van der Waals surface area contributed by atoms with Crippen LogP contribution in [-0.2, 0) is 20.5 Å². The Morgan fingerprint density at radius 2 is 1.83 bits per heavy atom. The summed E-state index contributed by atoms with van der Waals surface area (Å²) in [6.07, 6.45) is 0.555. The molecule has 0 spiro atoms. The van der Waals surface area contributed by atoms with E-state index in [0.29, 0.717) is 17.8 Å². The topological polar surface area (TPSA) is 56.0 Å². The summed E-state index contributed by atoms with van der Waals surface area (Å²) in [7, 11) is 3.17. The summed E-state index contributed by atoms with van der Waals surface area (Å²) in [6, 6.07) is 7.80. The number of nitrogens with one attached hydrogen (secondary N) is 1. The molecule has 5 nitrogen and oxygen atoms in total. The normalized spacial score (nSPS) is 12.6. The zero-order chi connectivity index (χ0) is 12.9. The highest BCUT2D eigenvalue weighted by Crippen LogP contribution is 2.29. The maximum Gasteiger partial charge on any atom is 0.332 e. The quantitative estimate of drug-likeness (QED) is 0.633. The minimum Gasteiger partial charge on any atom is -0.341 e. The van der Waals surface area contributed by atoms with Crippen LogP contribution in [0.2, 0.25) is 0 Å². The zero-order valence-corrected chi connectivity index (χ0v) is 10.2. The van der Waals surface area contributed by atoms with Gasteiger partial charge in [-0.25, -0.2) is 4.79 Å². The van der Waals surface area contributed by atoms with Gasteiger partial charge in [0.2, 0.25) is 0 Å². The average Bonchev–Trinajstić information content (AvgIpc) is 2.41. The Hall–Kier alpha value is -2.30. The second-order valence-electron chi connectivity index (χ2n) is 4.49. The van der Waals surface area contributed by atoms with Crippen LogP contribution in [0.5, 0.6) is 0 Å². The molecule has 0 radical (unpaired) electrons. The molecule has 0 unspecified atom stereocenters. The van der Waals surface area contributed by atoms with Crippen molar-refractivity contribution in [2.75, 3.05) is 5.32 Å². The van der Waals surface area contributed by atoms with Crippen molar-refractivity contribution in [3.05, 3.63) is 56.2 Å². The number of benzene rings is 1. The van der Waals surface area contributed by atoms with E-state index in [9.17, 15) is 9.59 Å². The highest BCUT2D eigenvalue weighted by molar-refractivity contribution is 5.68. The highest BCUT2D eigenvalue weighted by atomic mass is 16.2. The van der Waals surface area contributed by atoms with Gasteiger partial charge in [-0.05, 0) is 11.6 Å². The number of hydrogen-bond donors (Lipinski definition) is 1. The third kappa shape index (κ3) is 1.33. The highest BCUT2D eigenvalue weighted by Gasteiger charge is 2.21. The molecule has 0 fully saturated rings. The summed E-state index contributed by atoms with van der Waals surface area (Å²) < 4.78 is 2.63. The van der Waals surface area contributed by atoms with Gasteiger partial charge in [0, 0.05) is 26.2 Å². The van der Waals surface area contributed by atoms with Gasteiger partial charge in [-0.15, -0.1) is 0 Å². The van der Waals surface area contributed by atoms with Crippen molar-refractivity contribution >= 4 is 11.5 Å². The fraction of sp³-hybridized carbons (Fsp3) is 0.231. The maximum absolute atomic E-state index is 12.1. The molecule has 1 aliphatic heterocycles. The van der Waals surface area contributed by atoms with E-state index in [1.165, 1.54) is 11.6 Å². The fourth-order valence-electron chi connectivity index (χ4n) is 2.35. The molecule has 5 heteroatoms. The van der Waals surface area contributed by atoms with E-state index in [-0.39, 0.29) is 11.2 Å². The Bertz CT molecular complexity index is 756. The molecular formula is C13H13N3O2. The number of aromatic nitrogens is 2. The van der Waals surface area contributed by atoms with E-state index < -0.39 is 0 Å². The molecule has 1 aromatic carbocycles. The van der Waals surface area contributed by atoms with Crippen LogP contribution in [-0.4, -0.2) is 9.13 Å². The van der Waals surface area contributed by atoms with Crippen molar-refractivity contribution < 1.29 is 0 Å². The molecule has 1 aliphatic rings. The summed E-state index contributed by atoms with van der Waals surface area (Å²) in [5.74, 6) is 0.599. The molecular weight excluding hydrogens is 230 g/mol. The number of fused-ring (bicyclic) bond motifs is 2. The molecule has 0 saturated carbocycles. The molecule has 1 aromatic heterocycles. The van der Waals surface area contributed by atoms with Crippen molar-refractivity contribution in [2.45, 2.75) is 6.42 Å². The van der Waals surface area contributed by atoms with Gasteiger partial charge >= 0.3 is 5.69 Å². The first kappa shape index (κ1) is 10.8. The minimum absolute atomic E-state index is 0.227. The van der Waals surface area contributed by atoms with Crippen molar-refractivity contribution in [3.8, 4) is 0 Å². The van der Waals surface area contributed by atoms with Gasteiger partial charge in [-0.2, -0.15) is 0 Å². The second kappa shape index (κ2) is 3.60. The van der Waals surface area contributed by atoms with E-state index >= 15 is 0 Å². The largest absolute Gasteiger partial charge is 0.341 e. The first-order chi connectivity index (χ1) is 8.59. The summed E-state index contributed by atoms with van der Waals surface area (Å²) in [5.41, 5.74) is 2.12. The number of nitrogens with zero attached hydrogens (tertiary/aromatic N) is 2. The number of hydrogen-bond acceptors (Lipinski definition) is 3. The molecule has 0 amide bonds. The second-order valence-corrected chi connectivity index (χ2v) is 4.49. The molecule has 2 heterocycles. The predicted octanol–water partition coefficient (Wildman–Crippen LogP) is 0.732. The number of para-hydroxylation sites is 1. The molecule has 2 aromatic rings. The van der Waals surface area contributed by atoms with Crippen LogP contribution in [0.3, 0.4) is 0 Å².